The summed E-state index contributed by atoms with van der Waals surface area (Å²) in [7, 11) is 0. The Morgan fingerprint density at radius 2 is 1.84 bits per heavy atom. The van der Waals surface area contributed by atoms with Crippen molar-refractivity contribution in [3.63, 3.8) is 0 Å². The normalized spacial score (nSPS) is 42.3. The summed E-state index contributed by atoms with van der Waals surface area (Å²) in [6.45, 7) is 2.66. The van der Waals surface area contributed by atoms with Crippen molar-refractivity contribution in [2.45, 2.75) is 57.1 Å². The van der Waals surface area contributed by atoms with Crippen molar-refractivity contribution in [3.05, 3.63) is 0 Å². The lowest BCUT2D eigenvalue weighted by Crippen LogP contribution is -2.66. The molecule has 5 rings (SSSR count). The number of primary amides is 1. The van der Waals surface area contributed by atoms with Crippen LogP contribution in [-0.4, -0.2) is 54.0 Å². The van der Waals surface area contributed by atoms with Crippen LogP contribution in [-0.2, 0) is 19.1 Å². The summed E-state index contributed by atoms with van der Waals surface area (Å²) in [5.74, 6) is 0.614. The van der Waals surface area contributed by atoms with Crippen LogP contribution in [0.4, 0.5) is 0 Å². The van der Waals surface area contributed by atoms with Gasteiger partial charge < -0.3 is 20.7 Å². The number of rotatable bonds is 3. The molecule has 1 heterocycles. The number of carbonyl (C=O) groups excluding carboxylic acids is 3. The Hall–Kier alpha value is -1.63. The van der Waals surface area contributed by atoms with Crippen LogP contribution in [0.5, 0.6) is 0 Å². The SMILES string of the molecule is CC(=O)NC12CC3CC(C1)CC(C(=O)N1CCOC(C(N)=O)C1)(C3)C2. The van der Waals surface area contributed by atoms with Crippen molar-refractivity contribution < 1.29 is 19.1 Å². The predicted molar refractivity (Wildman–Crippen MR) is 89.2 cm³/mol. The van der Waals surface area contributed by atoms with Gasteiger partial charge in [-0.05, 0) is 50.4 Å². The molecular weight excluding hydrogens is 322 g/mol. The minimum absolute atomic E-state index is 0.00952. The van der Waals surface area contributed by atoms with E-state index in [0.29, 0.717) is 25.0 Å². The molecule has 1 aliphatic heterocycles. The molecule has 0 aromatic carbocycles. The summed E-state index contributed by atoms with van der Waals surface area (Å²) in [5, 5.41) is 3.19. The molecule has 5 fully saturated rings. The van der Waals surface area contributed by atoms with E-state index in [1.165, 1.54) is 6.42 Å². The Balaban J connectivity index is 1.57. The summed E-state index contributed by atoms with van der Waals surface area (Å²) < 4.78 is 5.39. The van der Waals surface area contributed by atoms with Crippen molar-refractivity contribution >= 4 is 17.7 Å². The number of carbonyl (C=O) groups is 3. The van der Waals surface area contributed by atoms with E-state index in [0.717, 1.165) is 32.1 Å². The number of hydrogen-bond acceptors (Lipinski definition) is 4. The molecule has 4 bridgehead atoms. The highest BCUT2D eigenvalue weighted by atomic mass is 16.5. The number of nitrogens with two attached hydrogens (primary N) is 1. The molecule has 7 nitrogen and oxygen atoms in total. The van der Waals surface area contributed by atoms with Gasteiger partial charge in [0.2, 0.25) is 17.7 Å². The van der Waals surface area contributed by atoms with Gasteiger partial charge in [-0.15, -0.1) is 0 Å². The standard InChI is InChI=1S/C18H27N3O4/c1-11(22)20-18-7-12-4-13(8-18)6-17(5-12,10-18)16(24)21-2-3-25-14(9-21)15(19)23/h12-14H,2-10H2,1H3,(H2,19,23)(H,20,22). The van der Waals surface area contributed by atoms with Crippen LogP contribution in [0.15, 0.2) is 0 Å². The molecule has 138 valence electrons. The van der Waals surface area contributed by atoms with E-state index >= 15 is 0 Å². The van der Waals surface area contributed by atoms with Crippen LogP contribution < -0.4 is 11.1 Å². The highest BCUT2D eigenvalue weighted by Gasteiger charge is 2.61. The third-order valence-corrected chi connectivity index (χ3v) is 6.63. The highest BCUT2D eigenvalue weighted by molar-refractivity contribution is 5.86. The molecule has 3 N–H and O–H groups in total. The number of nitrogens with zero attached hydrogens (tertiary/aromatic N) is 1. The predicted octanol–water partition coefficient (Wildman–Crippen LogP) is 0.174. The number of nitrogens with one attached hydrogen (secondary N) is 1. The number of morpholine rings is 1. The topological polar surface area (TPSA) is 102 Å². The maximum Gasteiger partial charge on any atom is 0.248 e. The maximum atomic E-state index is 13.5. The second-order valence-electron chi connectivity index (χ2n) is 8.72. The largest absolute Gasteiger partial charge is 0.367 e. The third kappa shape index (κ3) is 2.82. The van der Waals surface area contributed by atoms with Crippen molar-refractivity contribution in [2.75, 3.05) is 19.7 Å². The van der Waals surface area contributed by atoms with Gasteiger partial charge in [-0.3, -0.25) is 14.4 Å². The van der Waals surface area contributed by atoms with Gasteiger partial charge in [-0.25, -0.2) is 0 Å². The molecule has 25 heavy (non-hydrogen) atoms. The van der Waals surface area contributed by atoms with Crippen LogP contribution >= 0.6 is 0 Å². The van der Waals surface area contributed by atoms with Gasteiger partial charge in [-0.1, -0.05) is 0 Å². The second-order valence-corrected chi connectivity index (χ2v) is 8.72. The Labute approximate surface area is 147 Å². The van der Waals surface area contributed by atoms with Crippen molar-refractivity contribution in [1.82, 2.24) is 10.2 Å². The first-order chi connectivity index (χ1) is 11.8. The Bertz CT molecular complexity index is 605. The van der Waals surface area contributed by atoms with Gasteiger partial charge in [0.1, 0.15) is 0 Å². The third-order valence-electron chi connectivity index (χ3n) is 6.63. The molecule has 0 spiro atoms. The van der Waals surface area contributed by atoms with Crippen LogP contribution in [0.25, 0.3) is 0 Å². The zero-order valence-corrected chi connectivity index (χ0v) is 14.8. The molecule has 0 aromatic heterocycles. The number of ether oxygens (including phenoxy) is 1. The lowest BCUT2D eigenvalue weighted by atomic mass is 9.46. The van der Waals surface area contributed by atoms with E-state index < -0.39 is 17.4 Å². The zero-order valence-electron chi connectivity index (χ0n) is 14.8. The van der Waals surface area contributed by atoms with Gasteiger partial charge in [0.15, 0.2) is 6.10 Å². The molecule has 7 heteroatoms. The fourth-order valence-electron chi connectivity index (χ4n) is 6.37. The molecular formula is C18H27N3O4. The Kier molecular flexibility index (Phi) is 3.83. The lowest BCUT2D eigenvalue weighted by molar-refractivity contribution is -0.170. The van der Waals surface area contributed by atoms with Gasteiger partial charge in [0, 0.05) is 19.0 Å². The molecule has 0 radical (unpaired) electrons. The van der Waals surface area contributed by atoms with Crippen LogP contribution in [0.2, 0.25) is 0 Å². The number of hydrogen-bond donors (Lipinski definition) is 2. The molecule has 4 aliphatic carbocycles. The van der Waals surface area contributed by atoms with Crippen molar-refractivity contribution in [3.8, 4) is 0 Å². The second kappa shape index (κ2) is 5.69. The van der Waals surface area contributed by atoms with Gasteiger partial charge in [-0.2, -0.15) is 0 Å². The Morgan fingerprint density at radius 1 is 1.16 bits per heavy atom. The molecule has 0 aromatic rings. The van der Waals surface area contributed by atoms with E-state index in [2.05, 4.69) is 5.32 Å². The molecule has 3 atom stereocenters. The van der Waals surface area contributed by atoms with Crippen molar-refractivity contribution in [2.24, 2.45) is 23.0 Å². The fourth-order valence-corrected chi connectivity index (χ4v) is 6.37. The molecule has 1 saturated heterocycles. The quantitative estimate of drug-likeness (QED) is 0.758. The molecule has 4 saturated carbocycles. The van der Waals surface area contributed by atoms with Crippen LogP contribution in [0.1, 0.15) is 45.4 Å². The van der Waals surface area contributed by atoms with E-state index in [9.17, 15) is 14.4 Å². The summed E-state index contributed by atoms with van der Waals surface area (Å²) >= 11 is 0. The number of amides is 3. The summed E-state index contributed by atoms with van der Waals surface area (Å²) in [6, 6.07) is 0. The smallest absolute Gasteiger partial charge is 0.248 e. The average molecular weight is 349 g/mol. The zero-order chi connectivity index (χ0) is 17.8. The average Bonchev–Trinajstić information content (AvgIpc) is 2.51. The summed E-state index contributed by atoms with van der Waals surface area (Å²) in [6.07, 6.45) is 4.98. The van der Waals surface area contributed by atoms with Gasteiger partial charge >= 0.3 is 0 Å². The van der Waals surface area contributed by atoms with E-state index in [4.69, 9.17) is 10.5 Å². The first kappa shape index (κ1) is 16.8. The fraction of sp³-hybridized carbons (Fsp3) is 0.833. The van der Waals surface area contributed by atoms with Gasteiger partial charge in [0.25, 0.3) is 0 Å². The molecule has 3 amide bonds. The minimum atomic E-state index is -0.712. The van der Waals surface area contributed by atoms with E-state index in [-0.39, 0.29) is 23.9 Å². The first-order valence-electron chi connectivity index (χ1n) is 9.30. The lowest BCUT2D eigenvalue weighted by Gasteiger charge is -2.62. The minimum Gasteiger partial charge on any atom is -0.367 e. The molecule has 3 unspecified atom stereocenters. The maximum absolute atomic E-state index is 13.5. The molecule has 5 aliphatic rings. The highest BCUT2D eigenvalue weighted by Crippen LogP contribution is 2.62. The Morgan fingerprint density at radius 3 is 2.44 bits per heavy atom. The van der Waals surface area contributed by atoms with Crippen molar-refractivity contribution in [1.29, 1.82) is 0 Å². The van der Waals surface area contributed by atoms with E-state index in [1.54, 1.807) is 11.8 Å². The first-order valence-corrected chi connectivity index (χ1v) is 9.30. The summed E-state index contributed by atoms with van der Waals surface area (Å²) in [4.78, 5) is 38.4. The monoisotopic (exact) mass is 349 g/mol. The van der Waals surface area contributed by atoms with Crippen LogP contribution in [0.3, 0.4) is 0 Å². The van der Waals surface area contributed by atoms with Crippen LogP contribution in [0, 0.1) is 17.3 Å². The van der Waals surface area contributed by atoms with Gasteiger partial charge in [0.05, 0.1) is 18.6 Å². The summed E-state index contributed by atoms with van der Waals surface area (Å²) in [5.41, 5.74) is 4.74. The van der Waals surface area contributed by atoms with E-state index in [1.807, 2.05) is 0 Å².